The van der Waals surface area contributed by atoms with Crippen LogP contribution in [0.15, 0.2) is 4.90 Å². The van der Waals surface area contributed by atoms with Crippen LogP contribution in [0.1, 0.15) is 37.1 Å². The monoisotopic (exact) mass is 257 g/mol. The van der Waals surface area contributed by atoms with Gasteiger partial charge in [0.1, 0.15) is 4.90 Å². The smallest absolute Gasteiger partial charge is 0.244 e. The number of H-pyrrole nitrogens is 1. The normalized spacial score (nSPS) is 17.8. The average Bonchev–Trinajstić information content (AvgIpc) is 2.86. The van der Waals surface area contributed by atoms with E-state index in [1.165, 1.54) is 12.8 Å². The van der Waals surface area contributed by atoms with Gasteiger partial charge in [-0.3, -0.25) is 5.10 Å². The number of aryl methyl sites for hydroxylation is 2. The third kappa shape index (κ3) is 2.69. The quantitative estimate of drug-likeness (QED) is 0.858. The van der Waals surface area contributed by atoms with Gasteiger partial charge in [-0.15, -0.1) is 0 Å². The van der Waals surface area contributed by atoms with E-state index in [0.717, 1.165) is 12.8 Å². The van der Waals surface area contributed by atoms with Crippen LogP contribution in [0, 0.1) is 19.8 Å². The third-order valence-electron chi connectivity index (χ3n) is 3.37. The van der Waals surface area contributed by atoms with Gasteiger partial charge in [-0.05, 0) is 32.6 Å². The van der Waals surface area contributed by atoms with Crippen LogP contribution in [-0.4, -0.2) is 25.2 Å². The molecule has 1 aliphatic rings. The minimum Gasteiger partial charge on any atom is -0.281 e. The minimum absolute atomic E-state index is 0.301. The van der Waals surface area contributed by atoms with Gasteiger partial charge in [0.15, 0.2) is 0 Å². The molecule has 17 heavy (non-hydrogen) atoms. The van der Waals surface area contributed by atoms with Gasteiger partial charge in [0.05, 0.1) is 11.4 Å². The van der Waals surface area contributed by atoms with E-state index < -0.39 is 10.0 Å². The Morgan fingerprint density at radius 3 is 2.53 bits per heavy atom. The second-order valence-electron chi connectivity index (χ2n) is 4.77. The molecule has 1 aromatic rings. The zero-order valence-corrected chi connectivity index (χ0v) is 11.1. The maximum Gasteiger partial charge on any atom is 0.244 e. The van der Waals surface area contributed by atoms with Crippen molar-refractivity contribution in [3.8, 4) is 0 Å². The van der Waals surface area contributed by atoms with Crippen molar-refractivity contribution in [1.29, 1.82) is 0 Å². The van der Waals surface area contributed by atoms with Gasteiger partial charge >= 0.3 is 0 Å². The number of aromatic amines is 1. The number of sulfonamides is 1. The highest BCUT2D eigenvalue weighted by Gasteiger charge is 2.24. The van der Waals surface area contributed by atoms with E-state index in [4.69, 9.17) is 0 Å². The Hall–Kier alpha value is -0.880. The van der Waals surface area contributed by atoms with E-state index in [0.29, 0.717) is 28.7 Å². The standard InChI is InChI=1S/C11H19N3O2S/c1-8-11(9(2)14-13-8)17(15,16)12-7-10-5-3-4-6-10/h10,12H,3-7H2,1-2H3,(H,13,14). The molecule has 0 aliphatic heterocycles. The van der Waals surface area contributed by atoms with Crippen LogP contribution >= 0.6 is 0 Å². The van der Waals surface area contributed by atoms with Crippen LogP contribution in [0.25, 0.3) is 0 Å². The molecule has 0 radical (unpaired) electrons. The Bertz CT molecular complexity index is 467. The maximum absolute atomic E-state index is 12.1. The molecule has 5 nitrogen and oxygen atoms in total. The fourth-order valence-electron chi connectivity index (χ4n) is 2.45. The zero-order valence-electron chi connectivity index (χ0n) is 10.3. The molecule has 6 heteroatoms. The van der Waals surface area contributed by atoms with E-state index in [1.807, 2.05) is 0 Å². The lowest BCUT2D eigenvalue weighted by molar-refractivity contribution is 0.519. The molecule has 0 saturated heterocycles. The minimum atomic E-state index is -3.41. The van der Waals surface area contributed by atoms with Crippen LogP contribution in [0.5, 0.6) is 0 Å². The van der Waals surface area contributed by atoms with E-state index in [9.17, 15) is 8.42 Å². The highest BCUT2D eigenvalue weighted by atomic mass is 32.2. The van der Waals surface area contributed by atoms with Crippen LogP contribution in [0.4, 0.5) is 0 Å². The lowest BCUT2D eigenvalue weighted by Crippen LogP contribution is -2.29. The van der Waals surface area contributed by atoms with Gasteiger partial charge in [-0.2, -0.15) is 5.10 Å². The Morgan fingerprint density at radius 2 is 2.00 bits per heavy atom. The molecule has 1 aliphatic carbocycles. The second kappa shape index (κ2) is 4.78. The SMILES string of the molecule is Cc1n[nH]c(C)c1S(=O)(=O)NCC1CCCC1. The Balaban J connectivity index is 2.08. The summed E-state index contributed by atoms with van der Waals surface area (Å²) in [6.07, 6.45) is 4.70. The fraction of sp³-hybridized carbons (Fsp3) is 0.727. The topological polar surface area (TPSA) is 74.8 Å². The molecule has 1 saturated carbocycles. The molecule has 2 rings (SSSR count). The van der Waals surface area contributed by atoms with Gasteiger partial charge in [0, 0.05) is 6.54 Å². The first-order valence-corrected chi connectivity index (χ1v) is 7.50. The van der Waals surface area contributed by atoms with Crippen molar-refractivity contribution in [2.45, 2.75) is 44.4 Å². The largest absolute Gasteiger partial charge is 0.281 e. The van der Waals surface area contributed by atoms with Crippen LogP contribution in [0.2, 0.25) is 0 Å². The number of hydrogen-bond acceptors (Lipinski definition) is 3. The van der Waals surface area contributed by atoms with E-state index >= 15 is 0 Å². The van der Waals surface area contributed by atoms with Gasteiger partial charge in [0.25, 0.3) is 0 Å². The second-order valence-corrected chi connectivity index (χ2v) is 6.47. The maximum atomic E-state index is 12.1. The molecule has 0 amide bonds. The highest BCUT2D eigenvalue weighted by Crippen LogP contribution is 2.24. The lowest BCUT2D eigenvalue weighted by Gasteiger charge is -2.11. The molecule has 1 aromatic heterocycles. The van der Waals surface area contributed by atoms with Crippen molar-refractivity contribution in [1.82, 2.24) is 14.9 Å². The summed E-state index contributed by atoms with van der Waals surface area (Å²) in [5, 5.41) is 6.62. The van der Waals surface area contributed by atoms with E-state index in [-0.39, 0.29) is 0 Å². The Morgan fingerprint density at radius 1 is 1.35 bits per heavy atom. The molecular formula is C11H19N3O2S. The van der Waals surface area contributed by atoms with Crippen molar-refractivity contribution in [3.05, 3.63) is 11.4 Å². The zero-order chi connectivity index (χ0) is 12.5. The number of rotatable bonds is 4. The summed E-state index contributed by atoms with van der Waals surface area (Å²) in [5.74, 6) is 0.497. The third-order valence-corrected chi connectivity index (χ3v) is 5.05. The molecule has 0 unspecified atom stereocenters. The number of aromatic nitrogens is 2. The molecule has 0 atom stereocenters. The molecule has 0 aromatic carbocycles. The van der Waals surface area contributed by atoms with Crippen molar-refractivity contribution in [3.63, 3.8) is 0 Å². The summed E-state index contributed by atoms with van der Waals surface area (Å²) in [6.45, 7) is 3.98. The summed E-state index contributed by atoms with van der Waals surface area (Å²) in [6, 6.07) is 0. The number of nitrogens with one attached hydrogen (secondary N) is 2. The molecule has 1 heterocycles. The summed E-state index contributed by atoms with van der Waals surface area (Å²) >= 11 is 0. The van der Waals surface area contributed by atoms with Crippen LogP contribution in [0.3, 0.4) is 0 Å². The summed E-state index contributed by atoms with van der Waals surface area (Å²) in [5.41, 5.74) is 1.13. The molecule has 96 valence electrons. The molecule has 2 N–H and O–H groups in total. The van der Waals surface area contributed by atoms with Crippen molar-refractivity contribution >= 4 is 10.0 Å². The first-order chi connectivity index (χ1) is 8.00. The van der Waals surface area contributed by atoms with E-state index in [1.54, 1.807) is 13.8 Å². The molecule has 1 fully saturated rings. The number of nitrogens with zero attached hydrogens (tertiary/aromatic N) is 1. The number of hydrogen-bond donors (Lipinski definition) is 2. The summed E-state index contributed by atoms with van der Waals surface area (Å²) < 4.78 is 26.9. The molecular weight excluding hydrogens is 238 g/mol. The fourth-order valence-corrected chi connectivity index (χ4v) is 3.93. The molecule has 0 bridgehead atoms. The first kappa shape index (κ1) is 12.6. The average molecular weight is 257 g/mol. The van der Waals surface area contributed by atoms with Crippen molar-refractivity contribution in [2.24, 2.45) is 5.92 Å². The predicted octanol–water partition coefficient (Wildman–Crippen LogP) is 1.50. The summed E-state index contributed by atoms with van der Waals surface area (Å²) in [7, 11) is -3.41. The van der Waals surface area contributed by atoms with Gasteiger partial charge in [-0.25, -0.2) is 13.1 Å². The van der Waals surface area contributed by atoms with E-state index in [2.05, 4.69) is 14.9 Å². The highest BCUT2D eigenvalue weighted by molar-refractivity contribution is 7.89. The van der Waals surface area contributed by atoms with Crippen molar-refractivity contribution < 1.29 is 8.42 Å². The lowest BCUT2D eigenvalue weighted by atomic mass is 10.1. The van der Waals surface area contributed by atoms with Crippen molar-refractivity contribution in [2.75, 3.05) is 6.54 Å². The first-order valence-electron chi connectivity index (χ1n) is 6.02. The summed E-state index contributed by atoms with van der Waals surface area (Å²) in [4.78, 5) is 0.301. The predicted molar refractivity (Wildman–Crippen MR) is 65.2 cm³/mol. The van der Waals surface area contributed by atoms with Crippen LogP contribution in [-0.2, 0) is 10.0 Å². The van der Waals surface area contributed by atoms with Gasteiger partial charge < -0.3 is 0 Å². The Labute approximate surface area is 102 Å². The van der Waals surface area contributed by atoms with Gasteiger partial charge in [0.2, 0.25) is 10.0 Å². The van der Waals surface area contributed by atoms with Crippen LogP contribution < -0.4 is 4.72 Å². The Kier molecular flexibility index (Phi) is 3.53. The van der Waals surface area contributed by atoms with Gasteiger partial charge in [-0.1, -0.05) is 12.8 Å². The molecule has 0 spiro atoms.